The highest BCUT2D eigenvalue weighted by atomic mass is 35.5. The lowest BCUT2D eigenvalue weighted by Crippen LogP contribution is -2.06. The molecule has 0 radical (unpaired) electrons. The van der Waals surface area contributed by atoms with Crippen LogP contribution in [0.5, 0.6) is 5.75 Å². The molecule has 0 atom stereocenters. The van der Waals surface area contributed by atoms with E-state index in [1.54, 1.807) is 16.8 Å². The van der Waals surface area contributed by atoms with Gasteiger partial charge in [0.05, 0.1) is 29.6 Å². The van der Waals surface area contributed by atoms with E-state index >= 15 is 0 Å². The molecule has 108 valence electrons. The average molecular weight is 298 g/mol. The molecule has 0 saturated heterocycles. The van der Waals surface area contributed by atoms with Crippen molar-refractivity contribution in [2.75, 3.05) is 11.9 Å². The van der Waals surface area contributed by atoms with Crippen molar-refractivity contribution in [3.63, 3.8) is 0 Å². The molecule has 0 aliphatic rings. The molecule has 0 bridgehead atoms. The standard InChI is InChI=1S/C14H17ClFN3O/c1-4-20-13-6-5-10(7-11(13)16)17-8-12-14(15)9(2)18-19(12)3/h5-7,17H,4,8H2,1-3H3. The molecule has 0 unspecified atom stereocenters. The van der Waals surface area contributed by atoms with Gasteiger partial charge in [-0.15, -0.1) is 0 Å². The molecule has 6 heteroatoms. The maximum Gasteiger partial charge on any atom is 0.167 e. The van der Waals surface area contributed by atoms with Crippen molar-refractivity contribution in [2.45, 2.75) is 20.4 Å². The lowest BCUT2D eigenvalue weighted by atomic mass is 10.2. The Balaban J connectivity index is 2.09. The number of ether oxygens (including phenoxy) is 1. The minimum absolute atomic E-state index is 0.257. The van der Waals surface area contributed by atoms with Crippen molar-refractivity contribution in [3.05, 3.63) is 40.4 Å². The van der Waals surface area contributed by atoms with Gasteiger partial charge in [-0.05, 0) is 26.0 Å². The zero-order chi connectivity index (χ0) is 14.7. The third-order valence-corrected chi connectivity index (χ3v) is 3.44. The van der Waals surface area contributed by atoms with Gasteiger partial charge in [-0.25, -0.2) is 4.39 Å². The van der Waals surface area contributed by atoms with Crippen LogP contribution in [0.4, 0.5) is 10.1 Å². The maximum atomic E-state index is 13.7. The lowest BCUT2D eigenvalue weighted by Gasteiger charge is -2.09. The summed E-state index contributed by atoms with van der Waals surface area (Å²) in [4.78, 5) is 0. The predicted octanol–water partition coefficient (Wildman–Crippen LogP) is 3.53. The molecule has 1 aromatic heterocycles. The van der Waals surface area contributed by atoms with Crippen molar-refractivity contribution < 1.29 is 9.13 Å². The summed E-state index contributed by atoms with van der Waals surface area (Å²) >= 11 is 6.16. The molecule has 0 fully saturated rings. The van der Waals surface area contributed by atoms with Crippen LogP contribution in [0.3, 0.4) is 0 Å². The van der Waals surface area contributed by atoms with Gasteiger partial charge in [0.15, 0.2) is 11.6 Å². The third-order valence-electron chi connectivity index (χ3n) is 2.95. The topological polar surface area (TPSA) is 39.1 Å². The monoisotopic (exact) mass is 297 g/mol. The minimum Gasteiger partial charge on any atom is -0.491 e. The molecule has 2 aromatic rings. The minimum atomic E-state index is -0.385. The first-order chi connectivity index (χ1) is 9.52. The quantitative estimate of drug-likeness (QED) is 0.917. The SMILES string of the molecule is CCOc1ccc(NCc2c(Cl)c(C)nn2C)cc1F. The first-order valence-electron chi connectivity index (χ1n) is 6.37. The van der Waals surface area contributed by atoms with E-state index in [0.29, 0.717) is 23.9 Å². The highest BCUT2D eigenvalue weighted by molar-refractivity contribution is 6.31. The predicted molar refractivity (Wildman–Crippen MR) is 77.9 cm³/mol. The molecule has 0 amide bonds. The van der Waals surface area contributed by atoms with Crippen molar-refractivity contribution in [1.82, 2.24) is 9.78 Å². The number of halogens is 2. The van der Waals surface area contributed by atoms with Gasteiger partial charge in [0.25, 0.3) is 0 Å². The smallest absolute Gasteiger partial charge is 0.167 e. The fraction of sp³-hybridized carbons (Fsp3) is 0.357. The molecular weight excluding hydrogens is 281 g/mol. The summed E-state index contributed by atoms with van der Waals surface area (Å²) in [5.41, 5.74) is 2.31. The van der Waals surface area contributed by atoms with Crippen molar-refractivity contribution >= 4 is 17.3 Å². The first kappa shape index (κ1) is 14.7. The molecule has 2 rings (SSSR count). The Morgan fingerprint density at radius 1 is 1.45 bits per heavy atom. The van der Waals surface area contributed by atoms with E-state index in [4.69, 9.17) is 16.3 Å². The van der Waals surface area contributed by atoms with Crippen LogP contribution >= 0.6 is 11.6 Å². The molecule has 0 aliphatic heterocycles. The summed E-state index contributed by atoms with van der Waals surface area (Å²) < 4.78 is 20.6. The average Bonchev–Trinajstić information content (AvgIpc) is 2.64. The van der Waals surface area contributed by atoms with E-state index in [0.717, 1.165) is 11.4 Å². The van der Waals surface area contributed by atoms with Crippen LogP contribution in [0.2, 0.25) is 5.02 Å². The number of aromatic nitrogens is 2. The number of anilines is 1. The number of benzene rings is 1. The summed E-state index contributed by atoms with van der Waals surface area (Å²) in [6, 6.07) is 4.78. The molecule has 0 aliphatic carbocycles. The number of nitrogens with one attached hydrogen (secondary N) is 1. The molecule has 0 saturated carbocycles. The Morgan fingerprint density at radius 3 is 2.75 bits per heavy atom. The van der Waals surface area contributed by atoms with E-state index in [1.165, 1.54) is 6.07 Å². The van der Waals surface area contributed by atoms with Gasteiger partial charge in [-0.2, -0.15) is 5.10 Å². The molecule has 1 aromatic carbocycles. The van der Waals surface area contributed by atoms with Gasteiger partial charge >= 0.3 is 0 Å². The Kier molecular flexibility index (Phi) is 4.49. The zero-order valence-electron chi connectivity index (χ0n) is 11.7. The van der Waals surface area contributed by atoms with E-state index in [1.807, 2.05) is 20.9 Å². The Morgan fingerprint density at radius 2 is 2.20 bits per heavy atom. The second-order valence-electron chi connectivity index (χ2n) is 4.40. The van der Waals surface area contributed by atoms with Crippen LogP contribution in [-0.2, 0) is 13.6 Å². The lowest BCUT2D eigenvalue weighted by molar-refractivity contribution is 0.321. The summed E-state index contributed by atoms with van der Waals surface area (Å²) in [6.45, 7) is 4.58. The highest BCUT2D eigenvalue weighted by Crippen LogP contribution is 2.23. The fourth-order valence-electron chi connectivity index (χ4n) is 1.94. The Hall–Kier alpha value is -1.75. The number of nitrogens with zero attached hydrogens (tertiary/aromatic N) is 2. The molecular formula is C14H17ClFN3O. The Bertz CT molecular complexity index is 613. The van der Waals surface area contributed by atoms with Crippen LogP contribution in [0.25, 0.3) is 0 Å². The zero-order valence-corrected chi connectivity index (χ0v) is 12.5. The van der Waals surface area contributed by atoms with E-state index < -0.39 is 0 Å². The molecule has 0 spiro atoms. The van der Waals surface area contributed by atoms with Crippen LogP contribution in [0, 0.1) is 12.7 Å². The molecule has 1 heterocycles. The van der Waals surface area contributed by atoms with Crippen LogP contribution in [-0.4, -0.2) is 16.4 Å². The Labute approximate surface area is 122 Å². The number of hydrogen-bond donors (Lipinski definition) is 1. The van der Waals surface area contributed by atoms with Gasteiger partial charge in [-0.3, -0.25) is 4.68 Å². The third kappa shape index (κ3) is 3.04. The van der Waals surface area contributed by atoms with E-state index in [2.05, 4.69) is 10.4 Å². The normalized spacial score (nSPS) is 10.7. The van der Waals surface area contributed by atoms with Gasteiger partial charge < -0.3 is 10.1 Å². The number of hydrogen-bond acceptors (Lipinski definition) is 3. The largest absolute Gasteiger partial charge is 0.491 e. The summed E-state index contributed by atoms with van der Waals surface area (Å²) in [6.07, 6.45) is 0. The molecule has 20 heavy (non-hydrogen) atoms. The van der Waals surface area contributed by atoms with E-state index in [9.17, 15) is 4.39 Å². The van der Waals surface area contributed by atoms with Crippen LogP contribution in [0.15, 0.2) is 18.2 Å². The van der Waals surface area contributed by atoms with Gasteiger partial charge in [0.1, 0.15) is 0 Å². The van der Waals surface area contributed by atoms with Crippen molar-refractivity contribution in [2.24, 2.45) is 7.05 Å². The fourth-order valence-corrected chi connectivity index (χ4v) is 2.17. The molecule has 4 nitrogen and oxygen atoms in total. The summed E-state index contributed by atoms with van der Waals surface area (Å²) in [7, 11) is 1.83. The number of aryl methyl sites for hydroxylation is 2. The van der Waals surface area contributed by atoms with Crippen molar-refractivity contribution in [1.29, 1.82) is 0 Å². The van der Waals surface area contributed by atoms with E-state index in [-0.39, 0.29) is 11.6 Å². The second kappa shape index (κ2) is 6.13. The highest BCUT2D eigenvalue weighted by Gasteiger charge is 2.11. The second-order valence-corrected chi connectivity index (χ2v) is 4.78. The van der Waals surface area contributed by atoms with Gasteiger partial charge in [0.2, 0.25) is 0 Å². The van der Waals surface area contributed by atoms with Crippen molar-refractivity contribution in [3.8, 4) is 5.75 Å². The van der Waals surface area contributed by atoms with Gasteiger partial charge in [0, 0.05) is 18.8 Å². The maximum absolute atomic E-state index is 13.7. The summed E-state index contributed by atoms with van der Waals surface area (Å²) in [5, 5.41) is 7.99. The van der Waals surface area contributed by atoms with Gasteiger partial charge in [-0.1, -0.05) is 11.6 Å². The first-order valence-corrected chi connectivity index (χ1v) is 6.75. The van der Waals surface area contributed by atoms with Crippen LogP contribution in [0.1, 0.15) is 18.3 Å². The van der Waals surface area contributed by atoms with Crippen LogP contribution < -0.4 is 10.1 Å². The summed E-state index contributed by atoms with van der Waals surface area (Å²) in [5.74, 6) is -0.128. The number of rotatable bonds is 5. The molecule has 1 N–H and O–H groups in total.